The Morgan fingerprint density at radius 3 is 2.11 bits per heavy atom. The first kappa shape index (κ1) is 39.4. The Bertz CT molecular complexity index is 3550. The molecule has 312 valence electrons. The number of aromatic nitrogens is 4. The Morgan fingerprint density at radius 1 is 0.578 bits per heavy atom. The number of hydrogen-bond acceptors (Lipinski definition) is 2. The molecule has 0 fully saturated rings. The van der Waals surface area contributed by atoms with Gasteiger partial charge in [0.1, 0.15) is 5.82 Å². The molecule has 0 bridgehead atoms. The minimum atomic E-state index is -0.0619. The van der Waals surface area contributed by atoms with Crippen molar-refractivity contribution >= 4 is 43.8 Å². The van der Waals surface area contributed by atoms with E-state index in [0.29, 0.717) is 0 Å². The number of rotatable bonds is 7. The van der Waals surface area contributed by atoms with E-state index in [2.05, 4.69) is 225 Å². The lowest BCUT2D eigenvalue weighted by molar-refractivity contribution is -0.571. The summed E-state index contributed by atoms with van der Waals surface area (Å²) >= 11 is 0. The normalized spacial score (nSPS) is 12.3. The number of furan rings is 1. The predicted octanol–water partition coefficient (Wildman–Crippen LogP) is 14.5. The summed E-state index contributed by atoms with van der Waals surface area (Å²) in [5.74, 6) is 0.871. The highest BCUT2D eigenvalue weighted by Gasteiger charge is 2.25. The van der Waals surface area contributed by atoms with Gasteiger partial charge in [0, 0.05) is 16.2 Å². The first-order chi connectivity index (χ1) is 31.0. The average molecular weight is 831 g/mol. The van der Waals surface area contributed by atoms with Crippen LogP contribution in [0.2, 0.25) is 0 Å². The van der Waals surface area contributed by atoms with Crippen molar-refractivity contribution < 1.29 is 8.98 Å². The summed E-state index contributed by atoms with van der Waals surface area (Å²) in [6, 6.07) is 61.9. The fraction of sp³-hybridized carbons (Fsp3) is 0.153. The van der Waals surface area contributed by atoms with Gasteiger partial charge in [-0.15, -0.1) is 0 Å². The Morgan fingerprint density at radius 2 is 1.28 bits per heavy atom. The zero-order valence-electron chi connectivity index (χ0n) is 37.2. The second kappa shape index (κ2) is 15.1. The third kappa shape index (κ3) is 6.80. The van der Waals surface area contributed by atoms with Crippen molar-refractivity contribution in [1.82, 2.24) is 14.1 Å². The van der Waals surface area contributed by atoms with Gasteiger partial charge in [-0.3, -0.25) is 13.7 Å². The van der Waals surface area contributed by atoms with Crippen LogP contribution in [0, 0.1) is 6.33 Å². The summed E-state index contributed by atoms with van der Waals surface area (Å²) in [4.78, 5) is 4.86. The third-order valence-electron chi connectivity index (χ3n) is 12.8. The smallest absolute Gasteiger partial charge is 0.269 e. The van der Waals surface area contributed by atoms with E-state index in [9.17, 15) is 0 Å². The molecule has 11 aromatic rings. The fourth-order valence-corrected chi connectivity index (χ4v) is 9.57. The maximum absolute atomic E-state index is 5.64. The van der Waals surface area contributed by atoms with Crippen LogP contribution in [0.3, 0.4) is 0 Å². The molecule has 4 aromatic heterocycles. The monoisotopic (exact) mass is 830 g/mol. The summed E-state index contributed by atoms with van der Waals surface area (Å²) in [7, 11) is 0. The summed E-state index contributed by atoms with van der Waals surface area (Å²) in [6.45, 7) is 13.7. The number of pyridine rings is 1. The molecule has 0 saturated carbocycles. The van der Waals surface area contributed by atoms with Gasteiger partial charge in [-0.2, -0.15) is 0 Å². The molecule has 0 aliphatic rings. The van der Waals surface area contributed by atoms with E-state index in [1.54, 1.807) is 6.26 Å². The zero-order valence-corrected chi connectivity index (χ0v) is 37.2. The number of imidazole rings is 1. The van der Waals surface area contributed by atoms with Gasteiger partial charge in [0.15, 0.2) is 5.58 Å². The molecule has 4 heterocycles. The van der Waals surface area contributed by atoms with Gasteiger partial charge in [-0.1, -0.05) is 175 Å². The predicted molar refractivity (Wildman–Crippen MR) is 263 cm³/mol. The Kier molecular flexibility index (Phi) is 9.28. The van der Waals surface area contributed by atoms with Crippen molar-refractivity contribution in [1.29, 1.82) is 0 Å². The second-order valence-electron chi connectivity index (χ2n) is 19.1. The SMILES string of the molecule is CC(C)(C)c1ccc(-c2cccc(-c3ccccc3C(C)(C)C)c2-[n+]2[c-]n(-c3cccc(Cc4ccc5c6ccccc6n(-c6cc7ccoc7cn6)c5c4)c3)c3ccccc32)cc1. The molecule has 0 saturated heterocycles. The Hall–Kier alpha value is -7.50. The lowest BCUT2D eigenvalue weighted by atomic mass is 9.81. The van der Waals surface area contributed by atoms with Crippen molar-refractivity contribution in [2.24, 2.45) is 0 Å². The van der Waals surface area contributed by atoms with Crippen LogP contribution in [0.15, 0.2) is 187 Å². The van der Waals surface area contributed by atoms with Crippen molar-refractivity contribution in [3.05, 3.63) is 211 Å². The highest BCUT2D eigenvalue weighted by Crippen LogP contribution is 2.40. The summed E-state index contributed by atoms with van der Waals surface area (Å²) < 4.78 is 12.4. The van der Waals surface area contributed by atoms with Crippen molar-refractivity contribution in [2.75, 3.05) is 0 Å². The maximum atomic E-state index is 5.64. The molecular weight excluding hydrogens is 781 g/mol. The molecule has 11 rings (SSSR count). The lowest BCUT2D eigenvalue weighted by Crippen LogP contribution is -2.31. The molecule has 5 nitrogen and oxygen atoms in total. The van der Waals surface area contributed by atoms with Crippen LogP contribution >= 0.6 is 0 Å². The van der Waals surface area contributed by atoms with Crippen molar-refractivity contribution in [2.45, 2.75) is 58.8 Å². The summed E-state index contributed by atoms with van der Waals surface area (Å²) in [5.41, 5.74) is 17.2. The summed E-state index contributed by atoms with van der Waals surface area (Å²) in [6.07, 6.45) is 8.22. The van der Waals surface area contributed by atoms with E-state index in [-0.39, 0.29) is 10.8 Å². The molecule has 0 atom stereocenters. The number of hydrogen-bond donors (Lipinski definition) is 0. The van der Waals surface area contributed by atoms with E-state index in [4.69, 9.17) is 9.40 Å². The van der Waals surface area contributed by atoms with Gasteiger partial charge < -0.3 is 4.42 Å². The fourth-order valence-electron chi connectivity index (χ4n) is 9.57. The topological polar surface area (TPSA) is 39.8 Å². The molecule has 0 unspecified atom stereocenters. The molecule has 0 amide bonds. The van der Waals surface area contributed by atoms with E-state index in [1.165, 1.54) is 49.7 Å². The van der Waals surface area contributed by atoms with Crippen LogP contribution in [-0.4, -0.2) is 14.1 Å². The van der Waals surface area contributed by atoms with Crippen molar-refractivity contribution in [3.63, 3.8) is 0 Å². The number of para-hydroxylation sites is 4. The minimum absolute atomic E-state index is 0.0555. The first-order valence-corrected chi connectivity index (χ1v) is 22.2. The van der Waals surface area contributed by atoms with Crippen LogP contribution in [0.5, 0.6) is 0 Å². The molecule has 7 aromatic carbocycles. The van der Waals surface area contributed by atoms with Gasteiger partial charge in [-0.25, -0.2) is 4.98 Å². The van der Waals surface area contributed by atoms with Crippen LogP contribution in [0.1, 0.15) is 63.8 Å². The van der Waals surface area contributed by atoms with E-state index >= 15 is 0 Å². The second-order valence-corrected chi connectivity index (χ2v) is 19.1. The van der Waals surface area contributed by atoms with E-state index < -0.39 is 0 Å². The van der Waals surface area contributed by atoms with Crippen molar-refractivity contribution in [3.8, 4) is 39.4 Å². The van der Waals surface area contributed by atoms with E-state index in [1.807, 2.05) is 12.3 Å². The number of benzene rings is 7. The maximum Gasteiger partial charge on any atom is 0.269 e. The van der Waals surface area contributed by atoms with Gasteiger partial charge in [0.2, 0.25) is 0 Å². The highest BCUT2D eigenvalue weighted by molar-refractivity contribution is 6.09. The summed E-state index contributed by atoms with van der Waals surface area (Å²) in [5, 5.41) is 3.44. The molecule has 0 aliphatic heterocycles. The van der Waals surface area contributed by atoms with Gasteiger partial charge >= 0.3 is 0 Å². The van der Waals surface area contributed by atoms with Crippen LogP contribution < -0.4 is 4.57 Å². The van der Waals surface area contributed by atoms with Crippen LogP contribution in [0.25, 0.3) is 83.3 Å². The minimum Gasteiger partial charge on any atom is -0.463 e. The van der Waals surface area contributed by atoms with Gasteiger partial charge in [0.05, 0.1) is 45.9 Å². The van der Waals surface area contributed by atoms with Gasteiger partial charge in [0.25, 0.3) is 6.33 Å². The standard InChI is InChI=1S/C59H50N4O/c1-58(2,3)43-28-26-41(27-29-43)45-19-14-20-49(46-17-7-9-21-50(46)59(4,5)6)57(45)62-38-61(52-23-11-12-24-53(52)62)44-16-13-15-39(34-44)33-40-25-30-48-47-18-8-10-22-51(47)63(54(48)35-40)56-36-42-31-32-64-55(42)37-60-56/h7-32,34-37H,33H2,1-6H3. The average Bonchev–Trinajstić information content (AvgIpc) is 4.02. The van der Waals surface area contributed by atoms with Crippen LogP contribution in [-0.2, 0) is 17.3 Å². The Labute approximate surface area is 374 Å². The first-order valence-electron chi connectivity index (χ1n) is 22.2. The number of nitrogens with zero attached hydrogens (tertiary/aromatic N) is 4. The van der Waals surface area contributed by atoms with Crippen LogP contribution in [0.4, 0.5) is 0 Å². The molecule has 0 spiro atoms. The third-order valence-corrected chi connectivity index (χ3v) is 12.8. The van der Waals surface area contributed by atoms with Gasteiger partial charge in [-0.05, 0) is 98.2 Å². The molecule has 5 heteroatoms. The molecule has 64 heavy (non-hydrogen) atoms. The largest absolute Gasteiger partial charge is 0.463 e. The molecular formula is C59H50N4O. The molecule has 0 aliphatic carbocycles. The molecule has 0 N–H and O–H groups in total. The molecule has 0 radical (unpaired) electrons. The van der Waals surface area contributed by atoms with E-state index in [0.717, 1.165) is 62.2 Å². The Balaban J connectivity index is 1.04. The zero-order chi connectivity index (χ0) is 43.7. The number of fused-ring (bicyclic) bond motifs is 5. The highest BCUT2D eigenvalue weighted by atomic mass is 16.3. The lowest BCUT2D eigenvalue weighted by Gasteiger charge is -2.25. The quantitative estimate of drug-likeness (QED) is 0.119.